The van der Waals surface area contributed by atoms with Crippen LogP contribution in [0, 0.1) is 0 Å². The van der Waals surface area contributed by atoms with E-state index < -0.39 is 6.10 Å². The van der Waals surface area contributed by atoms with Crippen LogP contribution >= 0.6 is 23.2 Å². The average Bonchev–Trinajstić information content (AvgIpc) is 2.42. The van der Waals surface area contributed by atoms with E-state index in [1.54, 1.807) is 18.2 Å². The molecule has 0 saturated heterocycles. The van der Waals surface area contributed by atoms with Gasteiger partial charge < -0.3 is 20.1 Å². The van der Waals surface area contributed by atoms with Crippen molar-refractivity contribution in [3.8, 4) is 5.75 Å². The second kappa shape index (κ2) is 9.49. The van der Waals surface area contributed by atoms with Crippen molar-refractivity contribution in [1.29, 1.82) is 0 Å². The zero-order chi connectivity index (χ0) is 15.8. The van der Waals surface area contributed by atoms with E-state index in [0.717, 1.165) is 13.1 Å². The van der Waals surface area contributed by atoms with E-state index in [9.17, 15) is 5.11 Å². The number of benzene rings is 1. The minimum absolute atomic E-state index is 0.189. The Morgan fingerprint density at radius 3 is 2.67 bits per heavy atom. The molecule has 0 bridgehead atoms. The van der Waals surface area contributed by atoms with Gasteiger partial charge in [0.25, 0.3) is 0 Å². The van der Waals surface area contributed by atoms with Crippen LogP contribution in [0.5, 0.6) is 5.75 Å². The van der Waals surface area contributed by atoms with Crippen LogP contribution in [-0.2, 0) is 0 Å². The van der Waals surface area contributed by atoms with Gasteiger partial charge in [-0.3, -0.25) is 0 Å². The van der Waals surface area contributed by atoms with E-state index in [4.69, 9.17) is 27.9 Å². The van der Waals surface area contributed by atoms with E-state index in [0.29, 0.717) is 28.4 Å². The Balaban J connectivity index is 2.20. The van der Waals surface area contributed by atoms with Crippen LogP contribution < -0.4 is 10.1 Å². The van der Waals surface area contributed by atoms with Gasteiger partial charge in [0, 0.05) is 30.7 Å². The summed E-state index contributed by atoms with van der Waals surface area (Å²) in [6.45, 7) is 6.74. The molecule has 0 radical (unpaired) electrons. The van der Waals surface area contributed by atoms with Gasteiger partial charge in [-0.15, -0.1) is 0 Å². The lowest BCUT2D eigenvalue weighted by Crippen LogP contribution is -2.38. The average molecular weight is 335 g/mol. The zero-order valence-corrected chi connectivity index (χ0v) is 14.3. The molecular weight excluding hydrogens is 311 g/mol. The van der Waals surface area contributed by atoms with E-state index in [1.165, 1.54) is 0 Å². The molecule has 0 spiro atoms. The Kier molecular flexibility index (Phi) is 8.37. The van der Waals surface area contributed by atoms with Crippen molar-refractivity contribution in [2.24, 2.45) is 0 Å². The molecule has 0 aliphatic carbocycles. The molecule has 2 N–H and O–H groups in total. The summed E-state index contributed by atoms with van der Waals surface area (Å²) in [6.07, 6.45) is -0.582. The van der Waals surface area contributed by atoms with Gasteiger partial charge in [-0.05, 0) is 39.1 Å². The molecule has 1 unspecified atom stereocenters. The molecule has 0 heterocycles. The van der Waals surface area contributed by atoms with Crippen LogP contribution in [0.25, 0.3) is 0 Å². The van der Waals surface area contributed by atoms with Gasteiger partial charge in [0.05, 0.1) is 5.02 Å². The lowest BCUT2D eigenvalue weighted by Gasteiger charge is -2.21. The first-order valence-electron chi connectivity index (χ1n) is 7.07. The Morgan fingerprint density at radius 2 is 2.05 bits per heavy atom. The number of nitrogens with one attached hydrogen (secondary N) is 1. The largest absolute Gasteiger partial charge is 0.489 e. The Labute approximate surface area is 137 Å². The van der Waals surface area contributed by atoms with E-state index in [2.05, 4.69) is 31.1 Å². The summed E-state index contributed by atoms with van der Waals surface area (Å²) in [6, 6.07) is 5.54. The first kappa shape index (κ1) is 18.5. The van der Waals surface area contributed by atoms with Crippen LogP contribution in [0.3, 0.4) is 0 Å². The monoisotopic (exact) mass is 334 g/mol. The molecule has 0 saturated carbocycles. The summed E-state index contributed by atoms with van der Waals surface area (Å²) >= 11 is 11.8. The molecule has 4 nitrogen and oxygen atoms in total. The molecule has 1 aromatic rings. The van der Waals surface area contributed by atoms with Gasteiger partial charge in [-0.25, -0.2) is 0 Å². The Morgan fingerprint density at radius 1 is 1.33 bits per heavy atom. The second-order valence-corrected chi connectivity index (χ2v) is 6.16. The van der Waals surface area contributed by atoms with Crippen molar-refractivity contribution in [2.45, 2.75) is 26.0 Å². The molecular formula is C15H24Cl2N2O2. The number of halogens is 2. The molecule has 1 atom stereocenters. The molecule has 0 aliphatic heterocycles. The first-order valence-corrected chi connectivity index (χ1v) is 7.82. The number of rotatable bonds is 9. The minimum atomic E-state index is -0.582. The van der Waals surface area contributed by atoms with Gasteiger partial charge in [-0.1, -0.05) is 23.2 Å². The summed E-state index contributed by atoms with van der Waals surface area (Å²) in [5.74, 6) is 0.527. The fourth-order valence-electron chi connectivity index (χ4n) is 1.62. The Hall–Kier alpha value is -0.520. The van der Waals surface area contributed by atoms with Gasteiger partial charge >= 0.3 is 0 Å². The lowest BCUT2D eigenvalue weighted by atomic mass is 10.3. The first-order chi connectivity index (χ1) is 9.90. The zero-order valence-electron chi connectivity index (χ0n) is 12.8. The molecule has 0 fully saturated rings. The third-order valence-electron chi connectivity index (χ3n) is 3.23. The molecule has 0 amide bonds. The molecule has 21 heavy (non-hydrogen) atoms. The van der Waals surface area contributed by atoms with Crippen LogP contribution in [0.4, 0.5) is 0 Å². The quantitative estimate of drug-likeness (QED) is 0.681. The van der Waals surface area contributed by atoms with Gasteiger partial charge in [0.15, 0.2) is 0 Å². The van der Waals surface area contributed by atoms with Gasteiger partial charge in [0.1, 0.15) is 18.5 Å². The van der Waals surface area contributed by atoms with Crippen LogP contribution in [0.15, 0.2) is 18.2 Å². The highest BCUT2D eigenvalue weighted by Gasteiger charge is 2.08. The second-order valence-electron chi connectivity index (χ2n) is 5.32. The van der Waals surface area contributed by atoms with Crippen molar-refractivity contribution in [2.75, 3.05) is 33.3 Å². The standard InChI is InChI=1S/C15H24Cl2N2O2/c1-11(2)19(3)7-6-18-9-13(20)10-21-15-5-4-12(16)8-14(15)17/h4-5,8,11,13,18,20H,6-7,9-10H2,1-3H3. The molecule has 0 aromatic heterocycles. The summed E-state index contributed by atoms with van der Waals surface area (Å²) in [5, 5.41) is 14.1. The molecule has 1 rings (SSSR count). The number of hydrogen-bond acceptors (Lipinski definition) is 4. The van der Waals surface area contributed by atoms with E-state index >= 15 is 0 Å². The van der Waals surface area contributed by atoms with Crippen LogP contribution in [-0.4, -0.2) is 55.4 Å². The van der Waals surface area contributed by atoms with E-state index in [-0.39, 0.29) is 6.61 Å². The summed E-state index contributed by atoms with van der Waals surface area (Å²) in [7, 11) is 2.08. The van der Waals surface area contributed by atoms with Crippen LogP contribution in [0.1, 0.15) is 13.8 Å². The smallest absolute Gasteiger partial charge is 0.138 e. The molecule has 0 aliphatic rings. The summed E-state index contributed by atoms with van der Waals surface area (Å²) in [5.41, 5.74) is 0. The SMILES string of the molecule is CC(C)N(C)CCNCC(O)COc1ccc(Cl)cc1Cl. The third-order valence-corrected chi connectivity index (χ3v) is 3.76. The van der Waals surface area contributed by atoms with Crippen molar-refractivity contribution in [3.63, 3.8) is 0 Å². The highest BCUT2D eigenvalue weighted by molar-refractivity contribution is 6.35. The number of ether oxygens (including phenoxy) is 1. The van der Waals surface area contributed by atoms with Gasteiger partial charge in [-0.2, -0.15) is 0 Å². The maximum atomic E-state index is 9.86. The molecule has 120 valence electrons. The summed E-state index contributed by atoms with van der Waals surface area (Å²) < 4.78 is 5.48. The molecule has 1 aromatic carbocycles. The fourth-order valence-corrected chi connectivity index (χ4v) is 2.08. The van der Waals surface area contributed by atoms with Crippen LogP contribution in [0.2, 0.25) is 10.0 Å². The predicted molar refractivity (Wildman–Crippen MR) is 88.6 cm³/mol. The number of likely N-dealkylation sites (N-methyl/N-ethyl adjacent to an activating group) is 1. The maximum Gasteiger partial charge on any atom is 0.138 e. The highest BCUT2D eigenvalue weighted by Crippen LogP contribution is 2.27. The lowest BCUT2D eigenvalue weighted by molar-refractivity contribution is 0.105. The van der Waals surface area contributed by atoms with Crippen molar-refractivity contribution >= 4 is 23.2 Å². The normalized spacial score (nSPS) is 13.0. The number of aliphatic hydroxyl groups excluding tert-OH is 1. The van der Waals surface area contributed by atoms with Gasteiger partial charge in [0.2, 0.25) is 0 Å². The van der Waals surface area contributed by atoms with Crippen molar-refractivity contribution < 1.29 is 9.84 Å². The highest BCUT2D eigenvalue weighted by atomic mass is 35.5. The van der Waals surface area contributed by atoms with Crippen molar-refractivity contribution in [3.05, 3.63) is 28.2 Å². The van der Waals surface area contributed by atoms with E-state index in [1.807, 2.05) is 0 Å². The topological polar surface area (TPSA) is 44.7 Å². The van der Waals surface area contributed by atoms with Crippen molar-refractivity contribution in [1.82, 2.24) is 10.2 Å². The Bertz CT molecular complexity index is 430. The third kappa shape index (κ3) is 7.34. The minimum Gasteiger partial charge on any atom is -0.489 e. The fraction of sp³-hybridized carbons (Fsp3) is 0.600. The molecule has 6 heteroatoms. The maximum absolute atomic E-state index is 9.86. The summed E-state index contributed by atoms with van der Waals surface area (Å²) in [4.78, 5) is 2.24. The number of nitrogens with zero attached hydrogens (tertiary/aromatic N) is 1. The predicted octanol–water partition coefficient (Wildman–Crippen LogP) is 2.66. The number of hydrogen-bond donors (Lipinski definition) is 2. The number of aliphatic hydroxyl groups is 1.